The van der Waals surface area contributed by atoms with Gasteiger partial charge < -0.3 is 10.2 Å². The zero-order valence-electron chi connectivity index (χ0n) is 18.4. The van der Waals surface area contributed by atoms with Gasteiger partial charge in [-0.15, -0.1) is 11.3 Å². The summed E-state index contributed by atoms with van der Waals surface area (Å²) in [6.07, 6.45) is 2.21. The molecule has 1 aromatic heterocycles. The maximum atomic E-state index is 12.7. The molecule has 1 aliphatic heterocycles. The van der Waals surface area contributed by atoms with Crippen molar-refractivity contribution in [2.24, 2.45) is 11.3 Å². The number of nitrogens with zero attached hydrogens (tertiary/aromatic N) is 2. The summed E-state index contributed by atoms with van der Waals surface area (Å²) >= 11 is 1.72. The number of hydrogen-bond donors (Lipinski definition) is 1. The fraction of sp³-hybridized carbons (Fsp3) is 0.400. The summed E-state index contributed by atoms with van der Waals surface area (Å²) in [5.41, 5.74) is 2.65. The third-order valence-electron chi connectivity index (χ3n) is 5.71. The van der Waals surface area contributed by atoms with E-state index in [2.05, 4.69) is 11.4 Å². The molecule has 1 N–H and O–H groups in total. The quantitative estimate of drug-likeness (QED) is 0.619. The highest BCUT2D eigenvalue weighted by Crippen LogP contribution is 2.26. The Bertz CT molecular complexity index is 1040. The normalized spacial score (nSPS) is 15.3. The van der Waals surface area contributed by atoms with E-state index >= 15 is 0 Å². The highest BCUT2D eigenvalue weighted by atomic mass is 32.1. The number of thiazole rings is 1. The van der Waals surface area contributed by atoms with E-state index in [1.54, 1.807) is 11.3 Å². The molecule has 0 bridgehead atoms. The predicted molar refractivity (Wildman–Crippen MR) is 126 cm³/mol. The largest absolute Gasteiger partial charge is 0.342 e. The van der Waals surface area contributed by atoms with Crippen LogP contribution in [-0.4, -0.2) is 34.8 Å². The first-order valence-corrected chi connectivity index (χ1v) is 11.6. The minimum absolute atomic E-state index is 0.0433. The van der Waals surface area contributed by atoms with Gasteiger partial charge in [0.1, 0.15) is 0 Å². The Morgan fingerprint density at radius 2 is 1.74 bits per heavy atom. The molecule has 0 aliphatic carbocycles. The second kappa shape index (κ2) is 8.79. The van der Waals surface area contributed by atoms with Crippen molar-refractivity contribution in [2.45, 2.75) is 40.0 Å². The van der Waals surface area contributed by atoms with Crippen molar-refractivity contribution in [3.05, 3.63) is 59.1 Å². The van der Waals surface area contributed by atoms with E-state index in [1.165, 1.54) is 10.3 Å². The zero-order valence-corrected chi connectivity index (χ0v) is 19.2. The number of benzene rings is 2. The summed E-state index contributed by atoms with van der Waals surface area (Å²) in [5, 5.41) is 4.14. The Hall–Kier alpha value is -2.73. The molecule has 31 heavy (non-hydrogen) atoms. The summed E-state index contributed by atoms with van der Waals surface area (Å²) in [5.74, 6) is 0.156. The molecule has 6 heteroatoms. The van der Waals surface area contributed by atoms with Crippen LogP contribution in [0.25, 0.3) is 10.2 Å². The summed E-state index contributed by atoms with van der Waals surface area (Å²) in [6, 6.07) is 16.2. The Balaban J connectivity index is 1.31. The lowest BCUT2D eigenvalue weighted by Crippen LogP contribution is -2.45. The first-order chi connectivity index (χ1) is 14.8. The molecule has 1 aliphatic rings. The lowest BCUT2D eigenvalue weighted by atomic mass is 9.90. The van der Waals surface area contributed by atoms with E-state index in [9.17, 15) is 9.59 Å². The monoisotopic (exact) mass is 435 g/mol. The standard InChI is InChI=1S/C25H29N3O2S/c1-25(2,3)24(30)28-14-12-18(13-15-28)23(29)26-19-10-8-17(9-11-19)16-22-27-20-6-4-5-7-21(20)31-22/h4-11,18H,12-16H2,1-3H3,(H,26,29). The van der Waals surface area contributed by atoms with E-state index in [1.807, 2.05) is 68.1 Å². The number of anilines is 1. The number of fused-ring (bicyclic) bond motifs is 1. The summed E-state index contributed by atoms with van der Waals surface area (Å²) < 4.78 is 1.21. The second-order valence-corrected chi connectivity index (χ2v) is 10.4. The Labute approximate surface area is 187 Å². The third-order valence-corrected chi connectivity index (χ3v) is 6.75. The van der Waals surface area contributed by atoms with E-state index in [4.69, 9.17) is 4.98 Å². The lowest BCUT2D eigenvalue weighted by molar-refractivity contribution is -0.142. The molecule has 0 radical (unpaired) electrons. The number of amides is 2. The van der Waals surface area contributed by atoms with Gasteiger partial charge in [-0.1, -0.05) is 45.0 Å². The van der Waals surface area contributed by atoms with Crippen LogP contribution in [0.5, 0.6) is 0 Å². The van der Waals surface area contributed by atoms with Crippen molar-refractivity contribution >= 4 is 39.1 Å². The van der Waals surface area contributed by atoms with Crippen LogP contribution in [0.2, 0.25) is 0 Å². The molecule has 2 aromatic carbocycles. The van der Waals surface area contributed by atoms with E-state index in [-0.39, 0.29) is 23.1 Å². The van der Waals surface area contributed by atoms with Crippen LogP contribution < -0.4 is 5.32 Å². The second-order valence-electron chi connectivity index (χ2n) is 9.25. The van der Waals surface area contributed by atoms with E-state index in [0.717, 1.165) is 22.6 Å². The molecule has 2 amide bonds. The molecule has 2 heterocycles. The Morgan fingerprint density at radius 1 is 1.06 bits per heavy atom. The van der Waals surface area contributed by atoms with Crippen molar-refractivity contribution in [1.82, 2.24) is 9.88 Å². The van der Waals surface area contributed by atoms with Gasteiger partial charge in [-0.3, -0.25) is 9.59 Å². The van der Waals surface area contributed by atoms with E-state index < -0.39 is 0 Å². The number of piperidine rings is 1. The maximum Gasteiger partial charge on any atom is 0.227 e. The van der Waals surface area contributed by atoms with Gasteiger partial charge >= 0.3 is 0 Å². The summed E-state index contributed by atoms with van der Waals surface area (Å²) in [7, 11) is 0. The van der Waals surface area contributed by atoms with Crippen molar-refractivity contribution in [3.63, 3.8) is 0 Å². The van der Waals surface area contributed by atoms with Crippen molar-refractivity contribution in [3.8, 4) is 0 Å². The molecule has 4 rings (SSSR count). The minimum Gasteiger partial charge on any atom is -0.342 e. The van der Waals surface area contributed by atoms with Crippen LogP contribution in [0.4, 0.5) is 5.69 Å². The van der Waals surface area contributed by atoms with Gasteiger partial charge in [0.05, 0.1) is 15.2 Å². The van der Waals surface area contributed by atoms with Crippen LogP contribution in [0, 0.1) is 11.3 Å². The molecule has 5 nitrogen and oxygen atoms in total. The van der Waals surface area contributed by atoms with Crippen LogP contribution in [0.15, 0.2) is 48.5 Å². The number of aromatic nitrogens is 1. The molecule has 0 unspecified atom stereocenters. The molecule has 0 saturated carbocycles. The van der Waals surface area contributed by atoms with Crippen LogP contribution in [0.1, 0.15) is 44.2 Å². The number of rotatable bonds is 4. The molecule has 0 atom stereocenters. The number of carbonyl (C=O) groups is 2. The first kappa shape index (κ1) is 21.5. The van der Waals surface area contributed by atoms with Crippen molar-refractivity contribution in [1.29, 1.82) is 0 Å². The average molecular weight is 436 g/mol. The number of likely N-dealkylation sites (tertiary alicyclic amines) is 1. The molecular weight excluding hydrogens is 406 g/mol. The van der Waals surface area contributed by atoms with Gasteiger partial charge in [0.15, 0.2) is 0 Å². The fourth-order valence-corrected chi connectivity index (χ4v) is 4.94. The first-order valence-electron chi connectivity index (χ1n) is 10.8. The fourth-order valence-electron chi connectivity index (χ4n) is 3.94. The predicted octanol–water partition coefficient (Wildman–Crippen LogP) is 5.11. The molecule has 1 fully saturated rings. The smallest absolute Gasteiger partial charge is 0.227 e. The highest BCUT2D eigenvalue weighted by Gasteiger charge is 2.32. The van der Waals surface area contributed by atoms with Crippen LogP contribution in [0.3, 0.4) is 0 Å². The number of hydrogen-bond acceptors (Lipinski definition) is 4. The summed E-state index contributed by atoms with van der Waals surface area (Å²) in [4.78, 5) is 31.7. The van der Waals surface area contributed by atoms with Gasteiger partial charge in [0.25, 0.3) is 0 Å². The number of nitrogens with one attached hydrogen (secondary N) is 1. The molecule has 0 spiro atoms. The SMILES string of the molecule is CC(C)(C)C(=O)N1CCC(C(=O)Nc2ccc(Cc3nc4ccccc4s3)cc2)CC1. The van der Waals surface area contributed by atoms with Crippen molar-refractivity contribution in [2.75, 3.05) is 18.4 Å². The number of para-hydroxylation sites is 1. The average Bonchev–Trinajstić information content (AvgIpc) is 3.16. The van der Waals surface area contributed by atoms with Gasteiger partial charge in [0.2, 0.25) is 11.8 Å². The third kappa shape index (κ3) is 5.13. The van der Waals surface area contributed by atoms with Gasteiger partial charge in [-0.25, -0.2) is 4.98 Å². The topological polar surface area (TPSA) is 62.3 Å². The Morgan fingerprint density at radius 3 is 2.39 bits per heavy atom. The summed E-state index contributed by atoms with van der Waals surface area (Å²) in [6.45, 7) is 7.11. The van der Waals surface area contributed by atoms with Gasteiger partial charge in [-0.2, -0.15) is 0 Å². The maximum absolute atomic E-state index is 12.7. The van der Waals surface area contributed by atoms with Gasteiger partial charge in [0, 0.05) is 36.5 Å². The minimum atomic E-state index is -0.373. The zero-order chi connectivity index (χ0) is 22.0. The molecule has 1 saturated heterocycles. The van der Waals surface area contributed by atoms with Crippen LogP contribution in [-0.2, 0) is 16.0 Å². The Kier molecular flexibility index (Phi) is 6.10. The number of carbonyl (C=O) groups excluding carboxylic acids is 2. The molecule has 3 aromatic rings. The molecular formula is C25H29N3O2S. The van der Waals surface area contributed by atoms with Gasteiger partial charge in [-0.05, 0) is 42.7 Å². The lowest BCUT2D eigenvalue weighted by Gasteiger charge is -2.35. The highest BCUT2D eigenvalue weighted by molar-refractivity contribution is 7.18. The van der Waals surface area contributed by atoms with E-state index in [0.29, 0.717) is 25.9 Å². The molecule has 162 valence electrons. The van der Waals surface area contributed by atoms with Crippen LogP contribution >= 0.6 is 11.3 Å². The van der Waals surface area contributed by atoms with Crippen molar-refractivity contribution < 1.29 is 9.59 Å².